The molecule has 0 atom stereocenters. The second-order valence-electron chi connectivity index (χ2n) is 8.33. The number of rotatable bonds is 7. The number of aromatic nitrogens is 3. The molecule has 2 aromatic heterocycles. The number of sulfonamides is 1. The van der Waals surface area contributed by atoms with E-state index < -0.39 is 10.0 Å². The van der Waals surface area contributed by atoms with Gasteiger partial charge in [0.05, 0.1) is 21.6 Å². The summed E-state index contributed by atoms with van der Waals surface area (Å²) in [4.78, 5) is 21.3. The maximum Gasteiger partial charge on any atom is 0.261 e. The quantitative estimate of drug-likeness (QED) is 0.345. The largest absolute Gasteiger partial charge is 0.348 e. The third-order valence-corrected chi connectivity index (χ3v) is 7.09. The van der Waals surface area contributed by atoms with Gasteiger partial charge < -0.3 is 5.32 Å². The monoisotopic (exact) mass is 497 g/mol. The molecule has 3 aromatic carbocycles. The van der Waals surface area contributed by atoms with E-state index in [-0.39, 0.29) is 10.8 Å². The molecular formula is C27H23N5O3S. The lowest BCUT2D eigenvalue weighted by Crippen LogP contribution is -2.22. The third-order valence-electron chi connectivity index (χ3n) is 5.69. The molecule has 0 radical (unpaired) electrons. The number of carbonyl (C=O) groups excluding carboxylic acids is 1. The Labute approximate surface area is 208 Å². The number of carbonyl (C=O) groups is 1. The van der Waals surface area contributed by atoms with Gasteiger partial charge in [-0.05, 0) is 67.1 Å². The fourth-order valence-electron chi connectivity index (χ4n) is 3.80. The summed E-state index contributed by atoms with van der Waals surface area (Å²) in [6.45, 7) is 2.28. The van der Waals surface area contributed by atoms with Crippen LogP contribution in [-0.4, -0.2) is 28.9 Å². The average Bonchev–Trinajstić information content (AvgIpc) is 3.31. The first-order valence-corrected chi connectivity index (χ1v) is 12.7. The zero-order valence-corrected chi connectivity index (χ0v) is 20.2. The Bertz CT molecular complexity index is 1650. The molecule has 9 heteroatoms. The van der Waals surface area contributed by atoms with Crippen molar-refractivity contribution in [1.29, 1.82) is 0 Å². The Morgan fingerprint density at radius 2 is 1.81 bits per heavy atom. The van der Waals surface area contributed by atoms with Crippen LogP contribution in [0.15, 0.2) is 102 Å². The average molecular weight is 498 g/mol. The van der Waals surface area contributed by atoms with Crippen LogP contribution in [0, 0.1) is 6.92 Å². The predicted octanol–water partition coefficient (Wildman–Crippen LogP) is 4.46. The van der Waals surface area contributed by atoms with Gasteiger partial charge in [-0.15, -0.1) is 0 Å². The number of hydrogen-bond acceptors (Lipinski definition) is 5. The predicted molar refractivity (Wildman–Crippen MR) is 138 cm³/mol. The third kappa shape index (κ3) is 4.96. The summed E-state index contributed by atoms with van der Waals surface area (Å²) >= 11 is 0. The number of amides is 1. The summed E-state index contributed by atoms with van der Waals surface area (Å²) in [6.07, 6.45) is 5.04. The maximum atomic E-state index is 12.8. The molecule has 2 heterocycles. The van der Waals surface area contributed by atoms with Gasteiger partial charge >= 0.3 is 0 Å². The van der Waals surface area contributed by atoms with Crippen molar-refractivity contribution in [2.45, 2.75) is 18.4 Å². The van der Waals surface area contributed by atoms with Crippen LogP contribution >= 0.6 is 0 Å². The number of benzene rings is 3. The van der Waals surface area contributed by atoms with Gasteiger partial charge in [0, 0.05) is 30.2 Å². The van der Waals surface area contributed by atoms with Crippen LogP contribution in [0.2, 0.25) is 0 Å². The lowest BCUT2D eigenvalue weighted by molar-refractivity contribution is 0.0951. The normalized spacial score (nSPS) is 11.4. The molecule has 5 rings (SSSR count). The van der Waals surface area contributed by atoms with E-state index in [1.54, 1.807) is 73.3 Å². The van der Waals surface area contributed by atoms with Crippen LogP contribution in [0.1, 0.15) is 21.5 Å². The van der Waals surface area contributed by atoms with Crippen molar-refractivity contribution in [2.24, 2.45) is 0 Å². The Morgan fingerprint density at radius 3 is 2.58 bits per heavy atom. The number of imidazole rings is 1. The van der Waals surface area contributed by atoms with Crippen molar-refractivity contribution in [1.82, 2.24) is 19.9 Å². The molecule has 0 saturated carbocycles. The molecule has 0 aliphatic heterocycles. The first-order chi connectivity index (χ1) is 17.4. The summed E-state index contributed by atoms with van der Waals surface area (Å²) in [6, 6.07) is 22.8. The van der Waals surface area contributed by atoms with E-state index in [0.29, 0.717) is 23.3 Å². The van der Waals surface area contributed by atoms with E-state index in [2.05, 4.69) is 20.0 Å². The molecule has 0 saturated heterocycles. The Hall–Kier alpha value is -4.50. The van der Waals surface area contributed by atoms with Crippen LogP contribution in [0.3, 0.4) is 0 Å². The molecular weight excluding hydrogens is 474 g/mol. The highest BCUT2D eigenvalue weighted by Gasteiger charge is 2.15. The summed E-state index contributed by atoms with van der Waals surface area (Å²) in [5, 5.41) is 2.89. The second kappa shape index (κ2) is 9.63. The van der Waals surface area contributed by atoms with E-state index in [1.165, 1.54) is 0 Å². The molecule has 0 aliphatic carbocycles. The first kappa shape index (κ1) is 23.3. The van der Waals surface area contributed by atoms with Crippen LogP contribution < -0.4 is 10.0 Å². The molecule has 36 heavy (non-hydrogen) atoms. The highest BCUT2D eigenvalue weighted by molar-refractivity contribution is 7.92. The lowest BCUT2D eigenvalue weighted by atomic mass is 10.1. The van der Waals surface area contributed by atoms with Gasteiger partial charge in [0.25, 0.3) is 15.9 Å². The fraction of sp³-hybridized carbons (Fsp3) is 0.0741. The highest BCUT2D eigenvalue weighted by atomic mass is 32.2. The Kier molecular flexibility index (Phi) is 6.22. The molecule has 0 spiro atoms. The van der Waals surface area contributed by atoms with Crippen molar-refractivity contribution >= 4 is 32.7 Å². The number of nitrogens with zero attached hydrogens (tertiary/aromatic N) is 3. The molecule has 0 aliphatic rings. The van der Waals surface area contributed by atoms with Crippen LogP contribution in [0.5, 0.6) is 0 Å². The number of aryl methyl sites for hydroxylation is 1. The van der Waals surface area contributed by atoms with Gasteiger partial charge in [-0.2, -0.15) is 0 Å². The summed E-state index contributed by atoms with van der Waals surface area (Å²) in [5.74, 6) is -0.206. The van der Waals surface area contributed by atoms with Crippen LogP contribution in [0.25, 0.3) is 16.7 Å². The standard InChI is InChI=1S/C27H23N5O3S/c1-19-7-10-24(11-8-19)36(34,35)31-22-5-2-6-23(15-22)32-18-30-25-14-21(9-12-26(25)32)27(33)29-17-20-4-3-13-28-16-20/h2-16,18,31H,17H2,1H3,(H,29,33). The van der Waals surface area contributed by atoms with E-state index in [9.17, 15) is 13.2 Å². The number of anilines is 1. The van der Waals surface area contributed by atoms with E-state index in [0.717, 1.165) is 22.3 Å². The van der Waals surface area contributed by atoms with Crippen molar-refractivity contribution in [2.75, 3.05) is 4.72 Å². The number of hydrogen-bond donors (Lipinski definition) is 2. The number of pyridine rings is 1. The summed E-state index contributed by atoms with van der Waals surface area (Å²) in [7, 11) is -3.72. The molecule has 180 valence electrons. The fourth-order valence-corrected chi connectivity index (χ4v) is 4.85. The van der Waals surface area contributed by atoms with Crippen molar-refractivity contribution in [3.05, 3.63) is 114 Å². The minimum Gasteiger partial charge on any atom is -0.348 e. The maximum absolute atomic E-state index is 12.8. The molecule has 0 unspecified atom stereocenters. The van der Waals surface area contributed by atoms with Crippen molar-refractivity contribution in [3.8, 4) is 5.69 Å². The van der Waals surface area contributed by atoms with Crippen molar-refractivity contribution < 1.29 is 13.2 Å². The van der Waals surface area contributed by atoms with E-state index in [4.69, 9.17) is 0 Å². The van der Waals surface area contributed by atoms with Crippen LogP contribution in [-0.2, 0) is 16.6 Å². The van der Waals surface area contributed by atoms with Gasteiger partial charge in [-0.25, -0.2) is 13.4 Å². The van der Waals surface area contributed by atoms with Gasteiger partial charge in [0.15, 0.2) is 0 Å². The van der Waals surface area contributed by atoms with Crippen LogP contribution in [0.4, 0.5) is 5.69 Å². The number of nitrogens with one attached hydrogen (secondary N) is 2. The number of fused-ring (bicyclic) bond motifs is 1. The Balaban J connectivity index is 1.36. The lowest BCUT2D eigenvalue weighted by Gasteiger charge is -2.11. The van der Waals surface area contributed by atoms with E-state index in [1.807, 2.05) is 35.8 Å². The van der Waals surface area contributed by atoms with Crippen molar-refractivity contribution in [3.63, 3.8) is 0 Å². The van der Waals surface area contributed by atoms with Gasteiger partial charge in [0.2, 0.25) is 0 Å². The minimum atomic E-state index is -3.72. The SMILES string of the molecule is Cc1ccc(S(=O)(=O)Nc2cccc(-n3cnc4cc(C(=O)NCc5cccnc5)ccc43)c2)cc1. The zero-order chi connectivity index (χ0) is 25.1. The molecule has 1 amide bonds. The molecule has 2 N–H and O–H groups in total. The van der Waals surface area contributed by atoms with Gasteiger partial charge in [-0.3, -0.25) is 19.1 Å². The zero-order valence-electron chi connectivity index (χ0n) is 19.4. The van der Waals surface area contributed by atoms with Gasteiger partial charge in [0.1, 0.15) is 6.33 Å². The molecule has 0 bridgehead atoms. The molecule has 0 fully saturated rings. The molecule has 8 nitrogen and oxygen atoms in total. The summed E-state index contributed by atoms with van der Waals surface area (Å²) < 4.78 is 30.1. The second-order valence-corrected chi connectivity index (χ2v) is 10.0. The topological polar surface area (TPSA) is 106 Å². The summed E-state index contributed by atoms with van der Waals surface area (Å²) in [5.41, 5.74) is 4.99. The molecule has 5 aromatic rings. The van der Waals surface area contributed by atoms with E-state index >= 15 is 0 Å². The smallest absolute Gasteiger partial charge is 0.261 e. The highest BCUT2D eigenvalue weighted by Crippen LogP contribution is 2.23. The minimum absolute atomic E-state index is 0.195. The first-order valence-electron chi connectivity index (χ1n) is 11.2. The van der Waals surface area contributed by atoms with Gasteiger partial charge in [-0.1, -0.05) is 29.8 Å². The Morgan fingerprint density at radius 1 is 0.972 bits per heavy atom.